The zero-order chi connectivity index (χ0) is 36.3. The first-order valence-electron chi connectivity index (χ1n) is 17.4. The van der Waals surface area contributed by atoms with Crippen molar-refractivity contribution in [3.63, 3.8) is 0 Å². The molecule has 3 aliphatic heterocycles. The zero-order valence-corrected chi connectivity index (χ0v) is 30.8. The van der Waals surface area contributed by atoms with Gasteiger partial charge in [-0.15, -0.1) is 0 Å². The summed E-state index contributed by atoms with van der Waals surface area (Å²) in [6.45, 7) is 3.59. The quantitative estimate of drug-likeness (QED) is 0.244. The molecule has 3 aromatic rings. The van der Waals surface area contributed by atoms with Gasteiger partial charge in [0.1, 0.15) is 6.04 Å². The molecule has 10 nitrogen and oxygen atoms in total. The summed E-state index contributed by atoms with van der Waals surface area (Å²) >= 11 is 12.9. The van der Waals surface area contributed by atoms with Crippen LogP contribution in [0.2, 0.25) is 10.0 Å². The second-order valence-corrected chi connectivity index (χ2v) is 14.6. The first kappa shape index (κ1) is 36.8. The van der Waals surface area contributed by atoms with E-state index in [1.54, 1.807) is 17.0 Å². The molecule has 0 saturated carbocycles. The van der Waals surface area contributed by atoms with Crippen LogP contribution in [0.1, 0.15) is 60.0 Å². The lowest BCUT2D eigenvalue weighted by Gasteiger charge is -2.44. The molecular formula is C39H45Cl2N3O7. The molecule has 12 heteroatoms. The molecule has 2 atom stereocenters. The number of aliphatic carboxylic acids is 1. The lowest BCUT2D eigenvalue weighted by atomic mass is 9.71. The van der Waals surface area contributed by atoms with Crippen molar-refractivity contribution >= 4 is 41.0 Å². The molecule has 0 spiro atoms. The number of carboxylic acid groups (broad SMARTS) is 1. The van der Waals surface area contributed by atoms with E-state index in [-0.39, 0.29) is 11.8 Å². The summed E-state index contributed by atoms with van der Waals surface area (Å²) in [6.07, 6.45) is 3.83. The Morgan fingerprint density at radius 3 is 2.12 bits per heavy atom. The third-order valence-electron chi connectivity index (χ3n) is 11.2. The van der Waals surface area contributed by atoms with Crippen molar-refractivity contribution in [2.24, 2.45) is 0 Å². The molecule has 0 radical (unpaired) electrons. The maximum atomic E-state index is 14.3. The van der Waals surface area contributed by atoms with Gasteiger partial charge in [-0.1, -0.05) is 59.6 Å². The molecule has 0 bridgehead atoms. The van der Waals surface area contributed by atoms with Crippen LogP contribution in [0.5, 0.6) is 17.2 Å². The number of methoxy groups -OCH3 is 3. The molecule has 0 aromatic heterocycles. The maximum Gasteiger partial charge on any atom is 0.326 e. The smallest absolute Gasteiger partial charge is 0.326 e. The van der Waals surface area contributed by atoms with Crippen molar-refractivity contribution in [2.45, 2.75) is 55.4 Å². The summed E-state index contributed by atoms with van der Waals surface area (Å²) in [5, 5.41) is 10.8. The fourth-order valence-corrected chi connectivity index (χ4v) is 8.60. The summed E-state index contributed by atoms with van der Waals surface area (Å²) in [5.74, 6) is 0.0828. The molecule has 0 aliphatic carbocycles. The molecule has 2 unspecified atom stereocenters. The topological polar surface area (TPSA) is 109 Å². The molecule has 3 aromatic carbocycles. The zero-order valence-electron chi connectivity index (χ0n) is 29.3. The molecule has 272 valence electrons. The van der Waals surface area contributed by atoms with E-state index in [2.05, 4.69) is 4.90 Å². The molecule has 51 heavy (non-hydrogen) atoms. The van der Waals surface area contributed by atoms with Gasteiger partial charge in [0, 0.05) is 30.6 Å². The van der Waals surface area contributed by atoms with Gasteiger partial charge in [0.15, 0.2) is 11.5 Å². The van der Waals surface area contributed by atoms with Crippen molar-refractivity contribution in [3.8, 4) is 17.2 Å². The van der Waals surface area contributed by atoms with Gasteiger partial charge in [0.25, 0.3) is 5.91 Å². The Kier molecular flexibility index (Phi) is 11.0. The average Bonchev–Trinajstić information content (AvgIpc) is 3.84. The van der Waals surface area contributed by atoms with Crippen molar-refractivity contribution in [1.82, 2.24) is 14.7 Å². The van der Waals surface area contributed by atoms with E-state index in [1.165, 1.54) is 21.3 Å². The van der Waals surface area contributed by atoms with Crippen molar-refractivity contribution in [2.75, 3.05) is 60.6 Å². The monoisotopic (exact) mass is 737 g/mol. The van der Waals surface area contributed by atoms with Crippen LogP contribution in [-0.2, 0) is 20.4 Å². The molecule has 6 rings (SSSR count). The Morgan fingerprint density at radius 1 is 0.824 bits per heavy atom. The molecule has 2 amide bonds. The van der Waals surface area contributed by atoms with Crippen LogP contribution in [0.4, 0.5) is 0 Å². The van der Waals surface area contributed by atoms with Crippen LogP contribution >= 0.6 is 23.2 Å². The summed E-state index contributed by atoms with van der Waals surface area (Å²) in [7, 11) is 4.57. The number of carboxylic acids is 1. The van der Waals surface area contributed by atoms with Gasteiger partial charge in [-0.25, -0.2) is 4.79 Å². The van der Waals surface area contributed by atoms with E-state index in [1.807, 2.05) is 53.4 Å². The number of ether oxygens (including phenoxy) is 3. The fourth-order valence-electron chi connectivity index (χ4n) is 8.30. The van der Waals surface area contributed by atoms with Crippen molar-refractivity contribution in [1.29, 1.82) is 0 Å². The predicted molar refractivity (Wildman–Crippen MR) is 196 cm³/mol. The Bertz CT molecular complexity index is 1740. The number of carbonyl (C=O) groups is 3. The first-order valence-corrected chi connectivity index (χ1v) is 18.2. The Hall–Kier alpha value is -3.99. The molecule has 3 saturated heterocycles. The summed E-state index contributed by atoms with van der Waals surface area (Å²) < 4.78 is 16.5. The summed E-state index contributed by atoms with van der Waals surface area (Å²) in [6, 6.07) is 18.1. The number of hydrogen-bond donors (Lipinski definition) is 1. The number of amides is 2. The van der Waals surface area contributed by atoms with Gasteiger partial charge >= 0.3 is 5.97 Å². The Labute approximate surface area is 309 Å². The lowest BCUT2D eigenvalue weighted by molar-refractivity contribution is -0.151. The molecule has 3 aliphatic rings. The van der Waals surface area contributed by atoms with Gasteiger partial charge in [0.2, 0.25) is 11.7 Å². The minimum Gasteiger partial charge on any atom is -0.493 e. The minimum atomic E-state index is -0.941. The van der Waals surface area contributed by atoms with Gasteiger partial charge in [0.05, 0.1) is 36.8 Å². The van der Waals surface area contributed by atoms with Crippen LogP contribution in [-0.4, -0.2) is 104 Å². The normalized spacial score (nSPS) is 21.8. The highest BCUT2D eigenvalue weighted by molar-refractivity contribution is 6.42. The minimum absolute atomic E-state index is 0.0812. The van der Waals surface area contributed by atoms with E-state index in [4.69, 9.17) is 37.4 Å². The van der Waals surface area contributed by atoms with Crippen molar-refractivity contribution in [3.05, 3.63) is 87.4 Å². The van der Waals surface area contributed by atoms with Crippen molar-refractivity contribution < 1.29 is 33.7 Å². The van der Waals surface area contributed by atoms with Crippen LogP contribution in [0, 0.1) is 0 Å². The highest BCUT2D eigenvalue weighted by Gasteiger charge is 2.49. The Morgan fingerprint density at radius 2 is 1.51 bits per heavy atom. The molecular weight excluding hydrogens is 693 g/mol. The number of piperidine rings is 1. The second-order valence-electron chi connectivity index (χ2n) is 13.8. The van der Waals surface area contributed by atoms with E-state index in [9.17, 15) is 19.5 Å². The van der Waals surface area contributed by atoms with Crippen LogP contribution < -0.4 is 14.2 Å². The highest BCUT2D eigenvalue weighted by atomic mass is 35.5. The number of rotatable bonds is 11. The molecule has 1 N–H and O–H groups in total. The van der Waals surface area contributed by atoms with Crippen LogP contribution in [0.25, 0.3) is 0 Å². The number of likely N-dealkylation sites (tertiary alicyclic amines) is 3. The average molecular weight is 739 g/mol. The van der Waals surface area contributed by atoms with Gasteiger partial charge in [-0.05, 0) is 93.6 Å². The third kappa shape index (κ3) is 7.10. The number of halogens is 2. The first-order chi connectivity index (χ1) is 24.6. The number of benzene rings is 3. The number of hydrogen-bond acceptors (Lipinski definition) is 7. The van der Waals surface area contributed by atoms with Crippen LogP contribution in [0.15, 0.2) is 60.7 Å². The van der Waals surface area contributed by atoms with E-state index in [0.29, 0.717) is 91.3 Å². The van der Waals surface area contributed by atoms with Crippen LogP contribution in [0.3, 0.4) is 0 Å². The van der Waals surface area contributed by atoms with E-state index >= 15 is 0 Å². The Balaban J connectivity index is 1.22. The van der Waals surface area contributed by atoms with E-state index in [0.717, 1.165) is 30.5 Å². The maximum absolute atomic E-state index is 14.3. The SMILES string of the molecule is COc1cc(C(=O)N2CCC(CCN3CCC(C(=O)N4CCCC4C(=O)O)(c4ccccc4)CC3)(c3ccc(Cl)c(Cl)c3)C2)cc(OC)c1OC. The molecule has 3 heterocycles. The predicted octanol–water partition coefficient (Wildman–Crippen LogP) is 6.30. The number of nitrogens with zero attached hydrogens (tertiary/aromatic N) is 3. The van der Waals surface area contributed by atoms with Gasteiger partial charge in [-0.2, -0.15) is 0 Å². The molecule has 3 fully saturated rings. The summed E-state index contributed by atoms with van der Waals surface area (Å²) in [5.41, 5.74) is 1.23. The standard InChI is InChI=1S/C39H45Cl2N3O7/c1-49-32-22-26(23-33(50-2)34(32)51-3)35(45)43-21-14-38(25-43,28-11-12-29(40)30(41)24-28)13-18-42-19-15-39(16-20-42,27-8-5-4-6-9-27)37(48)44-17-7-10-31(44)36(46)47/h4-6,8-9,11-12,22-24,31H,7,10,13-21,25H2,1-3H3,(H,46,47). The number of carbonyl (C=O) groups excluding carboxylic acids is 2. The van der Waals surface area contributed by atoms with E-state index < -0.39 is 22.8 Å². The fraction of sp³-hybridized carbons (Fsp3) is 0.462. The van der Waals surface area contributed by atoms with Gasteiger partial charge < -0.3 is 34.0 Å². The highest BCUT2D eigenvalue weighted by Crippen LogP contribution is 2.44. The largest absolute Gasteiger partial charge is 0.493 e. The second kappa shape index (κ2) is 15.3. The summed E-state index contributed by atoms with van der Waals surface area (Å²) in [4.78, 5) is 46.2. The van der Waals surface area contributed by atoms with Gasteiger partial charge in [-0.3, -0.25) is 9.59 Å². The third-order valence-corrected chi connectivity index (χ3v) is 12.0. The lowest BCUT2D eigenvalue weighted by Crippen LogP contribution is -2.55.